The minimum absolute atomic E-state index is 0.155. The normalized spacial score (nSPS) is 12.0. The smallest absolute Gasteiger partial charge is 0.282 e. The van der Waals surface area contributed by atoms with Gasteiger partial charge in [0, 0.05) is 19.4 Å². The lowest BCUT2D eigenvalue weighted by atomic mass is 10.2. The third kappa shape index (κ3) is 5.61. The highest BCUT2D eigenvalue weighted by Gasteiger charge is 2.23. The number of carbonyl (C=O) groups is 1. The summed E-state index contributed by atoms with van der Waals surface area (Å²) in [7, 11) is 1.45. The maximum Gasteiger partial charge on any atom is 0.282 e. The van der Waals surface area contributed by atoms with Gasteiger partial charge in [0.15, 0.2) is 0 Å². The monoisotopic (exact) mass is 419 g/mol. The highest BCUT2D eigenvalue weighted by molar-refractivity contribution is 6.36. The van der Waals surface area contributed by atoms with Gasteiger partial charge in [0.2, 0.25) is 0 Å². The molecule has 0 spiro atoms. The number of pyridine rings is 1. The number of aryl methyl sites for hydroxylation is 1. The molecule has 0 fully saturated rings. The quantitative estimate of drug-likeness (QED) is 0.548. The Kier molecular flexibility index (Phi) is 7.09. The van der Waals surface area contributed by atoms with Crippen LogP contribution in [0.1, 0.15) is 42.0 Å². The molecule has 7 nitrogen and oxygen atoms in total. The van der Waals surface area contributed by atoms with E-state index >= 15 is 0 Å². The Labute approximate surface area is 164 Å². The van der Waals surface area contributed by atoms with Gasteiger partial charge in [-0.25, -0.2) is 8.78 Å². The highest BCUT2D eigenvalue weighted by atomic mass is 35.5. The molecule has 2 heterocycles. The molecule has 0 bridgehead atoms. The number of aromatic nitrogens is 3. The fourth-order valence-electron chi connectivity index (χ4n) is 2.06. The Morgan fingerprint density at radius 2 is 2.11 bits per heavy atom. The van der Waals surface area contributed by atoms with Crippen LogP contribution < -0.4 is 5.32 Å². The highest BCUT2D eigenvalue weighted by Crippen LogP contribution is 2.21. The van der Waals surface area contributed by atoms with E-state index in [9.17, 15) is 13.6 Å². The van der Waals surface area contributed by atoms with E-state index in [2.05, 4.69) is 20.6 Å². The van der Waals surface area contributed by atoms with Crippen LogP contribution in [0.4, 0.5) is 8.78 Å². The first kappa shape index (κ1) is 21.0. The van der Waals surface area contributed by atoms with E-state index in [1.165, 1.54) is 25.5 Å². The van der Waals surface area contributed by atoms with Crippen molar-refractivity contribution in [3.8, 4) is 0 Å². The second kappa shape index (κ2) is 9.09. The summed E-state index contributed by atoms with van der Waals surface area (Å²) in [6, 6.07) is 1.47. The second-order valence-corrected chi connectivity index (χ2v) is 6.60. The van der Waals surface area contributed by atoms with E-state index in [4.69, 9.17) is 28.0 Å². The van der Waals surface area contributed by atoms with Crippen molar-refractivity contribution in [2.24, 2.45) is 12.2 Å². The molecule has 2 rings (SSSR count). The number of carbonyl (C=O) groups excluding carboxylic acids is 1. The topological polar surface area (TPSA) is 81.4 Å². The average Bonchev–Trinajstić information content (AvgIpc) is 2.97. The van der Waals surface area contributed by atoms with E-state index in [1.54, 1.807) is 13.8 Å². The summed E-state index contributed by atoms with van der Waals surface area (Å²) in [4.78, 5) is 21.6. The van der Waals surface area contributed by atoms with Crippen LogP contribution in [0.5, 0.6) is 0 Å². The van der Waals surface area contributed by atoms with Crippen molar-refractivity contribution in [2.75, 3.05) is 6.54 Å². The predicted octanol–water partition coefficient (Wildman–Crippen LogP) is 3.62. The van der Waals surface area contributed by atoms with Gasteiger partial charge in [0.25, 0.3) is 12.3 Å². The lowest BCUT2D eigenvalue weighted by molar-refractivity contribution is 0.0853. The number of nitrogens with one attached hydrogen (secondary N) is 1. The molecule has 0 aliphatic heterocycles. The molecule has 0 saturated heterocycles. The SMILES string of the molecule is CC(C)ON=C(CNC(=O)c1cn(C)nc1C(F)F)c1ncc(Cl)cc1Cl. The molecular weight excluding hydrogens is 403 g/mol. The average molecular weight is 420 g/mol. The summed E-state index contributed by atoms with van der Waals surface area (Å²) in [6.07, 6.45) is -0.528. The van der Waals surface area contributed by atoms with E-state index in [0.717, 1.165) is 4.68 Å². The lowest BCUT2D eigenvalue weighted by Gasteiger charge is -2.11. The fourth-order valence-corrected chi connectivity index (χ4v) is 2.55. The van der Waals surface area contributed by atoms with Crippen LogP contribution in [0.25, 0.3) is 0 Å². The van der Waals surface area contributed by atoms with Gasteiger partial charge >= 0.3 is 0 Å². The van der Waals surface area contributed by atoms with Gasteiger partial charge in [-0.15, -0.1) is 0 Å². The zero-order chi connectivity index (χ0) is 20.1. The molecule has 0 unspecified atom stereocenters. The molecule has 0 atom stereocenters. The third-order valence-corrected chi connectivity index (χ3v) is 3.67. The van der Waals surface area contributed by atoms with Crippen LogP contribution in [-0.2, 0) is 11.9 Å². The molecule has 0 aliphatic carbocycles. The van der Waals surface area contributed by atoms with Crippen molar-refractivity contribution in [2.45, 2.75) is 26.4 Å². The first-order valence-corrected chi connectivity index (χ1v) is 8.58. The Morgan fingerprint density at radius 1 is 1.41 bits per heavy atom. The van der Waals surface area contributed by atoms with Gasteiger partial charge in [0.05, 0.1) is 22.2 Å². The van der Waals surface area contributed by atoms with E-state index in [-0.39, 0.29) is 34.6 Å². The largest absolute Gasteiger partial charge is 0.393 e. The molecule has 0 aliphatic rings. The molecule has 2 aromatic rings. The van der Waals surface area contributed by atoms with Gasteiger partial charge in [0.1, 0.15) is 23.2 Å². The maximum absolute atomic E-state index is 13.0. The van der Waals surface area contributed by atoms with Gasteiger partial charge in [-0.3, -0.25) is 14.5 Å². The number of amides is 1. The number of hydrogen-bond donors (Lipinski definition) is 1. The maximum atomic E-state index is 13.0. The number of halogens is 4. The Bertz CT molecular complexity index is 855. The zero-order valence-corrected chi connectivity index (χ0v) is 16.2. The molecule has 2 aromatic heterocycles. The van der Waals surface area contributed by atoms with Crippen LogP contribution in [0.3, 0.4) is 0 Å². The minimum Gasteiger partial charge on any atom is -0.393 e. The molecule has 27 heavy (non-hydrogen) atoms. The second-order valence-electron chi connectivity index (χ2n) is 5.76. The first-order valence-electron chi connectivity index (χ1n) is 7.83. The van der Waals surface area contributed by atoms with Crippen molar-refractivity contribution >= 4 is 34.8 Å². The van der Waals surface area contributed by atoms with Gasteiger partial charge in [-0.2, -0.15) is 5.10 Å². The van der Waals surface area contributed by atoms with Gasteiger partial charge in [-0.1, -0.05) is 28.4 Å². The number of alkyl halides is 2. The van der Waals surface area contributed by atoms with Crippen molar-refractivity contribution in [3.05, 3.63) is 45.5 Å². The summed E-state index contributed by atoms with van der Waals surface area (Å²) < 4.78 is 27.2. The molecule has 0 aromatic carbocycles. The number of hydrogen-bond acceptors (Lipinski definition) is 5. The lowest BCUT2D eigenvalue weighted by Crippen LogP contribution is -2.31. The molecule has 1 N–H and O–H groups in total. The molecule has 0 radical (unpaired) electrons. The van der Waals surface area contributed by atoms with Crippen LogP contribution in [-0.4, -0.2) is 39.0 Å². The molecule has 11 heteroatoms. The van der Waals surface area contributed by atoms with Gasteiger partial charge in [-0.05, 0) is 19.9 Å². The predicted molar refractivity (Wildman–Crippen MR) is 97.5 cm³/mol. The first-order chi connectivity index (χ1) is 12.7. The van der Waals surface area contributed by atoms with Gasteiger partial charge < -0.3 is 10.2 Å². The summed E-state index contributed by atoms with van der Waals surface area (Å²) in [5.41, 5.74) is -0.371. The zero-order valence-electron chi connectivity index (χ0n) is 14.7. The Balaban J connectivity index is 2.24. The Morgan fingerprint density at radius 3 is 2.70 bits per heavy atom. The van der Waals surface area contributed by atoms with Crippen molar-refractivity contribution in [1.82, 2.24) is 20.1 Å². The molecule has 146 valence electrons. The number of nitrogens with zero attached hydrogens (tertiary/aromatic N) is 4. The molecular formula is C16H17Cl2F2N5O2. The summed E-state index contributed by atoms with van der Waals surface area (Å²) >= 11 is 12.0. The van der Waals surface area contributed by atoms with Crippen molar-refractivity contribution < 1.29 is 18.4 Å². The standard InChI is InChI=1S/C16H17Cl2F2N5O2/c1-8(2)27-24-12(14-11(18)4-9(17)5-21-14)6-22-16(26)10-7-25(3)23-13(10)15(19)20/h4-5,7-8,15H,6H2,1-3H3,(H,22,26). The number of rotatable bonds is 7. The van der Waals surface area contributed by atoms with Crippen molar-refractivity contribution in [1.29, 1.82) is 0 Å². The minimum atomic E-state index is -2.88. The summed E-state index contributed by atoms with van der Waals surface area (Å²) in [5.74, 6) is -0.735. The summed E-state index contributed by atoms with van der Waals surface area (Å²) in [5, 5.41) is 10.6. The van der Waals surface area contributed by atoms with E-state index in [1.807, 2.05) is 0 Å². The van der Waals surface area contributed by atoms with Crippen LogP contribution in [0, 0.1) is 0 Å². The molecule has 0 saturated carbocycles. The van der Waals surface area contributed by atoms with Crippen LogP contribution in [0.15, 0.2) is 23.6 Å². The van der Waals surface area contributed by atoms with Crippen molar-refractivity contribution in [3.63, 3.8) is 0 Å². The van der Waals surface area contributed by atoms with E-state index in [0.29, 0.717) is 5.02 Å². The number of oxime groups is 1. The fraction of sp³-hybridized carbons (Fsp3) is 0.375. The van der Waals surface area contributed by atoms with Crippen LogP contribution >= 0.6 is 23.2 Å². The van der Waals surface area contributed by atoms with Crippen LogP contribution in [0.2, 0.25) is 10.0 Å². The summed E-state index contributed by atoms with van der Waals surface area (Å²) in [6.45, 7) is 3.37. The molecule has 1 amide bonds. The Hall–Kier alpha value is -2.26. The van der Waals surface area contributed by atoms with E-state index < -0.39 is 18.0 Å². The third-order valence-electron chi connectivity index (χ3n) is 3.18.